The quantitative estimate of drug-likeness (QED) is 0.824. The van der Waals surface area contributed by atoms with Gasteiger partial charge in [0.1, 0.15) is 0 Å². The van der Waals surface area contributed by atoms with Crippen molar-refractivity contribution >= 4 is 17.9 Å². The van der Waals surface area contributed by atoms with Crippen LogP contribution in [0.5, 0.6) is 0 Å². The molecule has 0 aliphatic carbocycles. The van der Waals surface area contributed by atoms with Gasteiger partial charge in [-0.15, -0.1) is 0 Å². The maximum Gasteiger partial charge on any atom is 0.320 e. The molecule has 2 aliphatic rings. The van der Waals surface area contributed by atoms with Gasteiger partial charge in [0.05, 0.1) is 6.42 Å². The molecule has 0 aromatic rings. The van der Waals surface area contributed by atoms with Gasteiger partial charge in [-0.1, -0.05) is 0 Å². The van der Waals surface area contributed by atoms with Crippen molar-refractivity contribution in [2.24, 2.45) is 0 Å². The number of carboxylic acid groups (broad SMARTS) is 1. The fraction of sp³-hybridized carbons (Fsp3) is 0.786. The van der Waals surface area contributed by atoms with Crippen molar-refractivity contribution in [3.8, 4) is 0 Å². The molecule has 2 fully saturated rings. The molecule has 1 unspecified atom stereocenters. The van der Waals surface area contributed by atoms with Crippen LogP contribution in [-0.2, 0) is 9.59 Å². The summed E-state index contributed by atoms with van der Waals surface area (Å²) in [5, 5.41) is 8.79. The third-order valence-corrected chi connectivity index (χ3v) is 4.20. The van der Waals surface area contributed by atoms with Gasteiger partial charge < -0.3 is 19.8 Å². The summed E-state index contributed by atoms with van der Waals surface area (Å²) in [5.74, 6) is -0.724. The second-order valence-electron chi connectivity index (χ2n) is 5.94. The van der Waals surface area contributed by atoms with E-state index in [1.165, 1.54) is 0 Å². The zero-order chi connectivity index (χ0) is 15.6. The smallest absolute Gasteiger partial charge is 0.320 e. The summed E-state index contributed by atoms with van der Waals surface area (Å²) in [6, 6.07) is -0.0333. The Balaban J connectivity index is 1.97. The third kappa shape index (κ3) is 3.46. The summed E-state index contributed by atoms with van der Waals surface area (Å²) in [5.41, 5.74) is 0. The van der Waals surface area contributed by atoms with Gasteiger partial charge in [-0.2, -0.15) is 0 Å². The van der Waals surface area contributed by atoms with Crippen LogP contribution in [0, 0.1) is 0 Å². The lowest BCUT2D eigenvalue weighted by Gasteiger charge is -2.40. The number of carbonyl (C=O) groups excluding carboxylic acids is 2. The van der Waals surface area contributed by atoms with E-state index >= 15 is 0 Å². The molecular weight excluding hydrogens is 274 g/mol. The number of piperazine rings is 1. The van der Waals surface area contributed by atoms with E-state index in [0.717, 1.165) is 6.42 Å². The number of fused-ring (bicyclic) bond motifs is 1. The first-order chi connectivity index (χ1) is 9.90. The van der Waals surface area contributed by atoms with E-state index in [1.807, 2.05) is 18.7 Å². The van der Waals surface area contributed by atoms with Gasteiger partial charge in [0.25, 0.3) is 0 Å². The van der Waals surface area contributed by atoms with Gasteiger partial charge in [-0.3, -0.25) is 9.59 Å². The molecule has 1 atom stereocenters. The average molecular weight is 297 g/mol. The molecule has 0 spiro atoms. The molecule has 2 heterocycles. The minimum atomic E-state index is -0.903. The molecule has 7 heteroatoms. The largest absolute Gasteiger partial charge is 0.481 e. The summed E-state index contributed by atoms with van der Waals surface area (Å²) < 4.78 is 0. The van der Waals surface area contributed by atoms with Crippen molar-refractivity contribution in [1.29, 1.82) is 0 Å². The highest BCUT2D eigenvalue weighted by Crippen LogP contribution is 2.23. The number of amides is 3. The predicted molar refractivity (Wildman–Crippen MR) is 75.8 cm³/mol. The van der Waals surface area contributed by atoms with Gasteiger partial charge in [0, 0.05) is 44.7 Å². The van der Waals surface area contributed by atoms with Crippen LogP contribution in [0.2, 0.25) is 0 Å². The molecule has 2 aliphatic heterocycles. The lowest BCUT2D eigenvalue weighted by atomic mass is 10.1. The van der Waals surface area contributed by atoms with Crippen molar-refractivity contribution < 1.29 is 19.5 Å². The molecule has 1 N–H and O–H groups in total. The number of carbonyl (C=O) groups is 3. The fourth-order valence-electron chi connectivity index (χ4n) is 3.01. The number of carboxylic acids is 1. The van der Waals surface area contributed by atoms with Gasteiger partial charge in [0.2, 0.25) is 5.91 Å². The highest BCUT2D eigenvalue weighted by Gasteiger charge is 2.38. The molecule has 7 nitrogen and oxygen atoms in total. The standard InChI is InChI=1S/C14H23N3O4/c1-10(2)16(6-5-13(19)20)14(21)15-7-8-17-11(9-15)3-4-12(17)18/h10-11H,3-9H2,1-2H3,(H,19,20). The first-order valence-electron chi connectivity index (χ1n) is 7.47. The van der Waals surface area contributed by atoms with Gasteiger partial charge in [-0.05, 0) is 20.3 Å². The first kappa shape index (κ1) is 15.6. The van der Waals surface area contributed by atoms with E-state index in [-0.39, 0.29) is 37.0 Å². The lowest BCUT2D eigenvalue weighted by Crippen LogP contribution is -2.57. The maximum absolute atomic E-state index is 12.6. The number of rotatable bonds is 4. The van der Waals surface area contributed by atoms with Crippen molar-refractivity contribution in [2.75, 3.05) is 26.2 Å². The summed E-state index contributed by atoms with van der Waals surface area (Å²) in [4.78, 5) is 40.2. The van der Waals surface area contributed by atoms with E-state index < -0.39 is 5.97 Å². The van der Waals surface area contributed by atoms with E-state index in [9.17, 15) is 14.4 Å². The number of aliphatic carboxylic acids is 1. The Kier molecular flexibility index (Phi) is 4.69. The van der Waals surface area contributed by atoms with Crippen LogP contribution in [0.1, 0.15) is 33.1 Å². The van der Waals surface area contributed by atoms with Crippen LogP contribution >= 0.6 is 0 Å². The van der Waals surface area contributed by atoms with Crippen LogP contribution < -0.4 is 0 Å². The Hall–Kier alpha value is -1.79. The fourth-order valence-corrected chi connectivity index (χ4v) is 3.01. The van der Waals surface area contributed by atoms with Gasteiger partial charge in [-0.25, -0.2) is 4.79 Å². The van der Waals surface area contributed by atoms with Crippen molar-refractivity contribution in [3.05, 3.63) is 0 Å². The summed E-state index contributed by atoms with van der Waals surface area (Å²) >= 11 is 0. The van der Waals surface area contributed by atoms with Crippen LogP contribution in [0.4, 0.5) is 4.79 Å². The molecular formula is C14H23N3O4. The molecule has 0 aromatic heterocycles. The predicted octanol–water partition coefficient (Wildman–Crippen LogP) is 0.598. The second kappa shape index (κ2) is 6.32. The Bertz CT molecular complexity index is 438. The van der Waals surface area contributed by atoms with Gasteiger partial charge in [0.15, 0.2) is 0 Å². The molecule has 118 valence electrons. The van der Waals surface area contributed by atoms with Crippen LogP contribution in [-0.4, -0.2) is 76.0 Å². The van der Waals surface area contributed by atoms with Crippen LogP contribution in [0.15, 0.2) is 0 Å². The van der Waals surface area contributed by atoms with Crippen LogP contribution in [0.25, 0.3) is 0 Å². The van der Waals surface area contributed by atoms with Crippen molar-refractivity contribution in [2.45, 2.75) is 45.2 Å². The number of nitrogens with zero attached hydrogens (tertiary/aromatic N) is 3. The van der Waals surface area contributed by atoms with E-state index in [1.54, 1.807) is 9.80 Å². The minimum Gasteiger partial charge on any atom is -0.481 e. The molecule has 0 aromatic carbocycles. The summed E-state index contributed by atoms with van der Waals surface area (Å²) in [6.07, 6.45) is 1.32. The normalized spacial score (nSPS) is 21.7. The van der Waals surface area contributed by atoms with Crippen molar-refractivity contribution in [3.63, 3.8) is 0 Å². The number of urea groups is 1. The zero-order valence-electron chi connectivity index (χ0n) is 12.6. The Morgan fingerprint density at radius 3 is 2.71 bits per heavy atom. The minimum absolute atomic E-state index is 0.0416. The van der Waals surface area contributed by atoms with Gasteiger partial charge >= 0.3 is 12.0 Å². The van der Waals surface area contributed by atoms with E-state index in [2.05, 4.69) is 0 Å². The van der Waals surface area contributed by atoms with Crippen molar-refractivity contribution in [1.82, 2.24) is 14.7 Å². The molecule has 21 heavy (non-hydrogen) atoms. The number of hydrogen-bond acceptors (Lipinski definition) is 3. The monoisotopic (exact) mass is 297 g/mol. The average Bonchev–Trinajstić information content (AvgIpc) is 2.79. The maximum atomic E-state index is 12.6. The molecule has 2 rings (SSSR count). The highest BCUT2D eigenvalue weighted by molar-refractivity contribution is 5.80. The molecule has 0 saturated carbocycles. The Labute approximate surface area is 124 Å². The Morgan fingerprint density at radius 1 is 1.38 bits per heavy atom. The molecule has 3 amide bonds. The van der Waals surface area contributed by atoms with Crippen LogP contribution in [0.3, 0.4) is 0 Å². The second-order valence-corrected chi connectivity index (χ2v) is 5.94. The summed E-state index contributed by atoms with van der Waals surface area (Å²) in [7, 11) is 0. The molecule has 0 bridgehead atoms. The molecule has 2 saturated heterocycles. The topological polar surface area (TPSA) is 81.2 Å². The third-order valence-electron chi connectivity index (χ3n) is 4.20. The number of hydrogen-bond donors (Lipinski definition) is 1. The lowest BCUT2D eigenvalue weighted by molar-refractivity contribution is -0.137. The highest BCUT2D eigenvalue weighted by atomic mass is 16.4. The summed E-state index contributed by atoms with van der Waals surface area (Å²) in [6.45, 7) is 5.65. The zero-order valence-corrected chi connectivity index (χ0v) is 12.6. The first-order valence-corrected chi connectivity index (χ1v) is 7.47. The van der Waals surface area contributed by atoms with E-state index in [0.29, 0.717) is 26.1 Å². The van der Waals surface area contributed by atoms with E-state index in [4.69, 9.17) is 5.11 Å². The SMILES string of the molecule is CC(C)N(CCC(=O)O)C(=O)N1CCN2C(=O)CCC2C1. The Morgan fingerprint density at radius 2 is 2.10 bits per heavy atom. The molecule has 0 radical (unpaired) electrons.